The van der Waals surface area contributed by atoms with E-state index in [0.29, 0.717) is 0 Å². The van der Waals surface area contributed by atoms with Crippen molar-refractivity contribution in [2.45, 2.75) is 45.1 Å². The van der Waals surface area contributed by atoms with Crippen LogP contribution in [0.2, 0.25) is 0 Å². The average Bonchev–Trinajstić information content (AvgIpc) is 2.71. The molecule has 1 aliphatic rings. The second-order valence-corrected chi connectivity index (χ2v) is 5.07. The van der Waals surface area contributed by atoms with Gasteiger partial charge in [-0.25, -0.2) is 0 Å². The highest BCUT2D eigenvalue weighted by Crippen LogP contribution is 2.30. The van der Waals surface area contributed by atoms with Crippen molar-refractivity contribution >= 4 is 5.69 Å². The van der Waals surface area contributed by atoms with Crippen LogP contribution in [0.15, 0.2) is 18.2 Å². The molecular weight excluding hydrogens is 210 g/mol. The number of rotatable bonds is 5. The third-order valence-electron chi connectivity index (χ3n) is 3.70. The van der Waals surface area contributed by atoms with Gasteiger partial charge in [-0.2, -0.15) is 0 Å². The summed E-state index contributed by atoms with van der Waals surface area (Å²) in [6, 6.07) is 6.42. The first-order valence-corrected chi connectivity index (χ1v) is 6.74. The van der Waals surface area contributed by atoms with Gasteiger partial charge in [-0.1, -0.05) is 38.3 Å². The van der Waals surface area contributed by atoms with Gasteiger partial charge >= 0.3 is 0 Å². The molecule has 2 nitrogen and oxygen atoms in total. The van der Waals surface area contributed by atoms with Crippen LogP contribution in [0.3, 0.4) is 0 Å². The molecule has 0 radical (unpaired) electrons. The van der Waals surface area contributed by atoms with E-state index in [4.69, 9.17) is 0 Å². The lowest BCUT2D eigenvalue weighted by atomic mass is 10.00. The third kappa shape index (κ3) is 2.81. The van der Waals surface area contributed by atoms with Crippen molar-refractivity contribution in [1.82, 2.24) is 0 Å². The van der Waals surface area contributed by atoms with Gasteiger partial charge in [0.05, 0.1) is 6.10 Å². The van der Waals surface area contributed by atoms with Gasteiger partial charge in [0.15, 0.2) is 0 Å². The second-order valence-electron chi connectivity index (χ2n) is 5.07. The van der Waals surface area contributed by atoms with Crippen molar-refractivity contribution < 1.29 is 5.11 Å². The van der Waals surface area contributed by atoms with Crippen molar-refractivity contribution in [3.8, 4) is 0 Å². The van der Waals surface area contributed by atoms with Crippen molar-refractivity contribution in [1.29, 1.82) is 0 Å². The minimum absolute atomic E-state index is 0.280. The lowest BCUT2D eigenvalue weighted by molar-refractivity contribution is 0.163. The Morgan fingerprint density at radius 3 is 2.94 bits per heavy atom. The van der Waals surface area contributed by atoms with Gasteiger partial charge in [0.1, 0.15) is 0 Å². The highest BCUT2D eigenvalue weighted by molar-refractivity contribution is 5.58. The van der Waals surface area contributed by atoms with Crippen LogP contribution < -0.4 is 4.90 Å². The molecule has 0 aromatic heterocycles. The summed E-state index contributed by atoms with van der Waals surface area (Å²) in [6.07, 6.45) is 5.27. The number of fused-ring (bicyclic) bond motifs is 1. The van der Waals surface area contributed by atoms with Crippen LogP contribution in [0.25, 0.3) is 0 Å². The number of nitrogens with zero attached hydrogens (tertiary/aromatic N) is 1. The SMILES string of the molecule is CCCCCC(O)c1ccc2c(c1)CCN2C. The number of aliphatic hydroxyl groups excluding tert-OH is 1. The Bertz CT molecular complexity index is 375. The maximum Gasteiger partial charge on any atom is 0.0790 e. The van der Waals surface area contributed by atoms with E-state index in [1.54, 1.807) is 0 Å². The Kier molecular flexibility index (Phi) is 4.06. The molecule has 1 N–H and O–H groups in total. The standard InChI is InChI=1S/C15H23NO/c1-3-4-5-6-15(17)13-7-8-14-12(11-13)9-10-16(14)2/h7-8,11,15,17H,3-6,9-10H2,1-2H3. The molecule has 0 aliphatic carbocycles. The summed E-state index contributed by atoms with van der Waals surface area (Å²) in [6.45, 7) is 3.29. The molecular formula is C15H23NO. The molecule has 1 aromatic rings. The second kappa shape index (κ2) is 5.54. The Hall–Kier alpha value is -1.02. The van der Waals surface area contributed by atoms with Crippen LogP contribution in [0, 0.1) is 0 Å². The van der Waals surface area contributed by atoms with E-state index in [1.807, 2.05) is 0 Å². The number of unbranched alkanes of at least 4 members (excludes halogenated alkanes) is 2. The first-order valence-electron chi connectivity index (χ1n) is 6.74. The van der Waals surface area contributed by atoms with E-state index in [2.05, 4.69) is 37.1 Å². The first kappa shape index (κ1) is 12.4. The predicted molar refractivity (Wildman–Crippen MR) is 72.5 cm³/mol. The Labute approximate surface area is 104 Å². The summed E-state index contributed by atoms with van der Waals surface area (Å²) in [4.78, 5) is 2.28. The van der Waals surface area contributed by atoms with Crippen LogP contribution in [-0.4, -0.2) is 18.7 Å². The van der Waals surface area contributed by atoms with Crippen LogP contribution in [-0.2, 0) is 6.42 Å². The number of hydrogen-bond donors (Lipinski definition) is 1. The summed E-state index contributed by atoms with van der Waals surface area (Å²) >= 11 is 0. The minimum Gasteiger partial charge on any atom is -0.388 e. The van der Waals surface area contributed by atoms with Crippen LogP contribution in [0.4, 0.5) is 5.69 Å². The zero-order valence-electron chi connectivity index (χ0n) is 10.9. The summed E-state index contributed by atoms with van der Waals surface area (Å²) in [7, 11) is 2.13. The fraction of sp³-hybridized carbons (Fsp3) is 0.600. The van der Waals surface area contributed by atoms with Crippen molar-refractivity contribution in [2.75, 3.05) is 18.5 Å². The van der Waals surface area contributed by atoms with Gasteiger partial charge in [-0.3, -0.25) is 0 Å². The molecule has 17 heavy (non-hydrogen) atoms. The number of hydrogen-bond acceptors (Lipinski definition) is 2. The predicted octanol–water partition coefficient (Wildman–Crippen LogP) is 3.29. The number of benzene rings is 1. The molecule has 1 aliphatic heterocycles. The molecule has 1 atom stereocenters. The zero-order valence-corrected chi connectivity index (χ0v) is 10.9. The zero-order chi connectivity index (χ0) is 12.3. The fourth-order valence-corrected chi connectivity index (χ4v) is 2.55. The minimum atomic E-state index is -0.280. The summed E-state index contributed by atoms with van der Waals surface area (Å²) in [5, 5.41) is 10.1. The van der Waals surface area contributed by atoms with Gasteiger partial charge in [-0.05, 0) is 30.0 Å². The van der Waals surface area contributed by atoms with Gasteiger partial charge in [0, 0.05) is 19.3 Å². The van der Waals surface area contributed by atoms with E-state index < -0.39 is 0 Å². The summed E-state index contributed by atoms with van der Waals surface area (Å²) in [5.41, 5.74) is 3.81. The largest absolute Gasteiger partial charge is 0.388 e. The number of aliphatic hydroxyl groups is 1. The molecule has 0 saturated carbocycles. The normalized spacial score (nSPS) is 16.1. The molecule has 0 saturated heterocycles. The Morgan fingerprint density at radius 1 is 1.35 bits per heavy atom. The molecule has 1 aromatic carbocycles. The molecule has 0 amide bonds. The monoisotopic (exact) mass is 233 g/mol. The summed E-state index contributed by atoms with van der Waals surface area (Å²) < 4.78 is 0. The highest BCUT2D eigenvalue weighted by atomic mass is 16.3. The third-order valence-corrected chi connectivity index (χ3v) is 3.70. The first-order chi connectivity index (χ1) is 8.22. The van der Waals surface area contributed by atoms with E-state index in [1.165, 1.54) is 24.1 Å². The lowest BCUT2D eigenvalue weighted by Crippen LogP contribution is -2.12. The van der Waals surface area contributed by atoms with Crippen molar-refractivity contribution in [2.24, 2.45) is 0 Å². The van der Waals surface area contributed by atoms with E-state index >= 15 is 0 Å². The average molecular weight is 233 g/mol. The van der Waals surface area contributed by atoms with Gasteiger partial charge < -0.3 is 10.0 Å². The number of likely N-dealkylation sites (N-methyl/N-ethyl adjacent to an activating group) is 1. The van der Waals surface area contributed by atoms with E-state index in [9.17, 15) is 5.11 Å². The quantitative estimate of drug-likeness (QED) is 0.789. The molecule has 0 bridgehead atoms. The number of anilines is 1. The maximum absolute atomic E-state index is 10.1. The van der Waals surface area contributed by atoms with Gasteiger partial charge in [-0.15, -0.1) is 0 Å². The van der Waals surface area contributed by atoms with Crippen molar-refractivity contribution in [3.63, 3.8) is 0 Å². The smallest absolute Gasteiger partial charge is 0.0790 e. The molecule has 2 rings (SSSR count). The summed E-state index contributed by atoms with van der Waals surface area (Å²) in [5.74, 6) is 0. The molecule has 0 spiro atoms. The highest BCUT2D eigenvalue weighted by Gasteiger charge is 2.17. The maximum atomic E-state index is 10.1. The van der Waals surface area contributed by atoms with Gasteiger partial charge in [0.25, 0.3) is 0 Å². The molecule has 0 fully saturated rings. The van der Waals surface area contributed by atoms with Crippen molar-refractivity contribution in [3.05, 3.63) is 29.3 Å². The van der Waals surface area contributed by atoms with Crippen LogP contribution >= 0.6 is 0 Å². The molecule has 1 heterocycles. The lowest BCUT2D eigenvalue weighted by Gasteiger charge is -2.14. The van der Waals surface area contributed by atoms with Crippen LogP contribution in [0.1, 0.15) is 49.8 Å². The molecule has 2 heteroatoms. The molecule has 1 unspecified atom stereocenters. The van der Waals surface area contributed by atoms with E-state index in [-0.39, 0.29) is 6.10 Å². The van der Waals surface area contributed by atoms with Crippen LogP contribution in [0.5, 0.6) is 0 Å². The van der Waals surface area contributed by atoms with Gasteiger partial charge in [0.2, 0.25) is 0 Å². The topological polar surface area (TPSA) is 23.5 Å². The fourth-order valence-electron chi connectivity index (χ4n) is 2.55. The Morgan fingerprint density at radius 2 is 2.18 bits per heavy atom. The Balaban J connectivity index is 2.02. The van der Waals surface area contributed by atoms with E-state index in [0.717, 1.165) is 31.4 Å². The molecule has 94 valence electrons.